The first kappa shape index (κ1) is 21.6. The number of halogens is 1. The van der Waals surface area contributed by atoms with Gasteiger partial charge in [0, 0.05) is 22.0 Å². The maximum absolute atomic E-state index is 12.8. The molecular weight excluding hydrogens is 434 g/mol. The third kappa shape index (κ3) is 4.92. The van der Waals surface area contributed by atoms with E-state index < -0.39 is 16.1 Å². The van der Waals surface area contributed by atoms with E-state index in [0.717, 1.165) is 0 Å². The summed E-state index contributed by atoms with van der Waals surface area (Å²) >= 11 is 7.34. The summed E-state index contributed by atoms with van der Waals surface area (Å²) < 4.78 is 23.7. The van der Waals surface area contributed by atoms with Crippen molar-refractivity contribution in [2.75, 3.05) is 16.9 Å². The summed E-state index contributed by atoms with van der Waals surface area (Å²) in [7, 11) is -3.92. The summed E-state index contributed by atoms with van der Waals surface area (Å²) in [5.74, 6) is 0.178. The van der Waals surface area contributed by atoms with Crippen molar-refractivity contribution in [1.82, 2.24) is 4.90 Å². The molecule has 10 heteroatoms. The number of nitrogens with one attached hydrogen (secondary N) is 1. The molecule has 1 fully saturated rings. The van der Waals surface area contributed by atoms with Crippen molar-refractivity contribution in [2.45, 2.75) is 24.3 Å². The van der Waals surface area contributed by atoms with Crippen LogP contribution in [0.25, 0.3) is 0 Å². The van der Waals surface area contributed by atoms with Crippen LogP contribution < -0.4 is 10.5 Å². The SMILES string of the molecule is CCc1ccc(NC(=O)C2CSCN2C(=O)c2ccc(Cl)cc2)cc1S(N)(=O)=O. The summed E-state index contributed by atoms with van der Waals surface area (Å²) in [5.41, 5.74) is 1.33. The van der Waals surface area contributed by atoms with Gasteiger partial charge in [-0.3, -0.25) is 9.59 Å². The number of primary sulfonamides is 1. The van der Waals surface area contributed by atoms with E-state index in [-0.39, 0.29) is 16.7 Å². The van der Waals surface area contributed by atoms with Gasteiger partial charge in [-0.15, -0.1) is 11.8 Å². The Morgan fingerprint density at radius 3 is 2.55 bits per heavy atom. The summed E-state index contributed by atoms with van der Waals surface area (Å²) in [6, 6.07) is 10.4. The molecule has 1 heterocycles. The lowest BCUT2D eigenvalue weighted by Crippen LogP contribution is -2.44. The van der Waals surface area contributed by atoms with E-state index in [0.29, 0.717) is 39.9 Å². The number of benzene rings is 2. The molecule has 0 aromatic heterocycles. The van der Waals surface area contributed by atoms with E-state index in [1.807, 2.05) is 6.92 Å². The van der Waals surface area contributed by atoms with E-state index in [1.165, 1.54) is 22.7 Å². The van der Waals surface area contributed by atoms with Crippen LogP contribution in [0.3, 0.4) is 0 Å². The Labute approximate surface area is 178 Å². The average molecular weight is 454 g/mol. The smallest absolute Gasteiger partial charge is 0.255 e. The van der Waals surface area contributed by atoms with Crippen molar-refractivity contribution in [1.29, 1.82) is 0 Å². The molecule has 3 N–H and O–H groups in total. The van der Waals surface area contributed by atoms with Crippen LogP contribution in [-0.2, 0) is 21.2 Å². The van der Waals surface area contributed by atoms with Crippen LogP contribution in [0.4, 0.5) is 5.69 Å². The van der Waals surface area contributed by atoms with Gasteiger partial charge in [0.15, 0.2) is 0 Å². The highest BCUT2D eigenvalue weighted by molar-refractivity contribution is 7.99. The Kier molecular flexibility index (Phi) is 6.52. The van der Waals surface area contributed by atoms with E-state index in [1.54, 1.807) is 36.4 Å². The van der Waals surface area contributed by atoms with Crippen LogP contribution in [-0.4, -0.2) is 42.8 Å². The van der Waals surface area contributed by atoms with Gasteiger partial charge in [0.25, 0.3) is 5.91 Å². The summed E-state index contributed by atoms with van der Waals surface area (Å²) in [4.78, 5) is 27.1. The van der Waals surface area contributed by atoms with Crippen molar-refractivity contribution in [2.24, 2.45) is 5.14 Å². The number of thioether (sulfide) groups is 1. The molecule has 1 unspecified atom stereocenters. The van der Waals surface area contributed by atoms with Crippen molar-refractivity contribution >= 4 is 50.9 Å². The van der Waals surface area contributed by atoms with E-state index in [4.69, 9.17) is 16.7 Å². The fourth-order valence-electron chi connectivity index (χ4n) is 3.03. The Balaban J connectivity index is 1.79. The first-order chi connectivity index (χ1) is 13.7. The lowest BCUT2D eigenvalue weighted by molar-refractivity contribution is -0.119. The van der Waals surface area contributed by atoms with Crippen LogP contribution >= 0.6 is 23.4 Å². The zero-order chi connectivity index (χ0) is 21.2. The van der Waals surface area contributed by atoms with Crippen molar-refractivity contribution in [3.63, 3.8) is 0 Å². The monoisotopic (exact) mass is 453 g/mol. The number of amides is 2. The van der Waals surface area contributed by atoms with Gasteiger partial charge in [-0.2, -0.15) is 0 Å². The molecule has 0 bridgehead atoms. The Morgan fingerprint density at radius 2 is 1.93 bits per heavy atom. The van der Waals surface area contributed by atoms with E-state index in [2.05, 4.69) is 5.32 Å². The normalized spacial score (nSPS) is 16.7. The number of nitrogens with two attached hydrogens (primary N) is 1. The van der Waals surface area contributed by atoms with Crippen LogP contribution in [0.1, 0.15) is 22.8 Å². The fourth-order valence-corrected chi connectivity index (χ4v) is 5.18. The van der Waals surface area contributed by atoms with E-state index >= 15 is 0 Å². The predicted octanol–water partition coefficient (Wildman–Crippen LogP) is 2.70. The molecule has 0 saturated carbocycles. The van der Waals surface area contributed by atoms with Gasteiger partial charge in [-0.1, -0.05) is 24.6 Å². The number of nitrogens with zero attached hydrogens (tertiary/aromatic N) is 1. The van der Waals surface area contributed by atoms with Gasteiger partial charge >= 0.3 is 0 Å². The van der Waals surface area contributed by atoms with Crippen LogP contribution in [0, 0.1) is 0 Å². The topological polar surface area (TPSA) is 110 Å². The predicted molar refractivity (Wildman–Crippen MR) is 115 cm³/mol. The molecule has 1 saturated heterocycles. The van der Waals surface area contributed by atoms with Gasteiger partial charge in [0.05, 0.1) is 10.8 Å². The van der Waals surface area contributed by atoms with Crippen LogP contribution in [0.15, 0.2) is 47.4 Å². The standard InChI is InChI=1S/C19H20ClN3O4S2/c1-2-12-5-8-15(9-17(12)29(21,26)27)22-18(24)16-10-28-11-23(16)19(25)13-3-6-14(20)7-4-13/h3-9,16H,2,10-11H2,1H3,(H,22,24)(H2,21,26,27). The fraction of sp³-hybridized carbons (Fsp3) is 0.263. The molecule has 1 aliphatic heterocycles. The summed E-state index contributed by atoms with van der Waals surface area (Å²) in [5, 5.41) is 8.51. The molecule has 154 valence electrons. The van der Waals surface area contributed by atoms with Gasteiger partial charge in [-0.05, 0) is 48.4 Å². The minimum absolute atomic E-state index is 0.0207. The molecule has 1 atom stereocenters. The van der Waals surface area contributed by atoms with Crippen molar-refractivity contribution in [3.8, 4) is 0 Å². The second-order valence-corrected chi connectivity index (χ2v) is 9.47. The lowest BCUT2D eigenvalue weighted by Gasteiger charge is -2.23. The Hall–Kier alpha value is -2.07. The highest BCUT2D eigenvalue weighted by Gasteiger charge is 2.35. The van der Waals surface area contributed by atoms with E-state index in [9.17, 15) is 18.0 Å². The molecule has 3 rings (SSSR count). The van der Waals surface area contributed by atoms with Crippen molar-refractivity contribution in [3.05, 3.63) is 58.6 Å². The quantitative estimate of drug-likeness (QED) is 0.723. The Bertz CT molecular complexity index is 1040. The number of aryl methyl sites for hydroxylation is 1. The number of sulfonamides is 1. The van der Waals surface area contributed by atoms with Gasteiger partial charge in [0.1, 0.15) is 6.04 Å². The molecule has 29 heavy (non-hydrogen) atoms. The molecule has 0 aliphatic carbocycles. The molecule has 2 aromatic rings. The molecule has 1 aliphatic rings. The molecular formula is C19H20ClN3O4S2. The number of carbonyl (C=O) groups is 2. The Morgan fingerprint density at radius 1 is 1.24 bits per heavy atom. The highest BCUT2D eigenvalue weighted by Crippen LogP contribution is 2.26. The third-order valence-corrected chi connectivity index (χ3v) is 6.82. The van der Waals surface area contributed by atoms with Crippen LogP contribution in [0.2, 0.25) is 5.02 Å². The largest absolute Gasteiger partial charge is 0.324 e. The molecule has 2 aromatic carbocycles. The second kappa shape index (κ2) is 8.74. The second-order valence-electron chi connectivity index (χ2n) is 6.51. The number of anilines is 1. The molecule has 7 nitrogen and oxygen atoms in total. The highest BCUT2D eigenvalue weighted by atomic mass is 35.5. The number of hydrogen-bond acceptors (Lipinski definition) is 5. The average Bonchev–Trinajstić information content (AvgIpc) is 3.17. The molecule has 2 amide bonds. The van der Waals surface area contributed by atoms with Gasteiger partial charge in [-0.25, -0.2) is 13.6 Å². The minimum atomic E-state index is -3.92. The minimum Gasteiger partial charge on any atom is -0.324 e. The zero-order valence-corrected chi connectivity index (χ0v) is 18.0. The number of carbonyl (C=O) groups excluding carboxylic acids is 2. The maximum atomic E-state index is 12.8. The lowest BCUT2D eigenvalue weighted by atomic mass is 10.1. The zero-order valence-electron chi connectivity index (χ0n) is 15.6. The maximum Gasteiger partial charge on any atom is 0.255 e. The van der Waals surface area contributed by atoms with Crippen LogP contribution in [0.5, 0.6) is 0 Å². The van der Waals surface area contributed by atoms with Crippen molar-refractivity contribution < 1.29 is 18.0 Å². The third-order valence-electron chi connectivity index (χ3n) is 4.56. The summed E-state index contributed by atoms with van der Waals surface area (Å²) in [6.45, 7) is 1.82. The molecule has 0 spiro atoms. The molecule has 0 radical (unpaired) electrons. The van der Waals surface area contributed by atoms with Gasteiger partial charge < -0.3 is 10.2 Å². The number of hydrogen-bond donors (Lipinski definition) is 2. The first-order valence-electron chi connectivity index (χ1n) is 8.81. The number of rotatable bonds is 5. The van der Waals surface area contributed by atoms with Gasteiger partial charge in [0.2, 0.25) is 15.9 Å². The first-order valence-corrected chi connectivity index (χ1v) is 11.9. The summed E-state index contributed by atoms with van der Waals surface area (Å²) in [6.07, 6.45) is 0.489.